The summed E-state index contributed by atoms with van der Waals surface area (Å²) in [6, 6.07) is 61.0. The van der Waals surface area contributed by atoms with Crippen molar-refractivity contribution in [3.8, 4) is 11.1 Å². The largest absolute Gasteiger partial charge is 0.311 e. The van der Waals surface area contributed by atoms with Gasteiger partial charge in [-0.2, -0.15) is 0 Å². The van der Waals surface area contributed by atoms with Gasteiger partial charge in [-0.25, -0.2) is 0 Å². The molecule has 2 nitrogen and oxygen atoms in total. The Morgan fingerprint density at radius 1 is 0.300 bits per heavy atom. The van der Waals surface area contributed by atoms with Crippen LogP contribution in [0.1, 0.15) is 33.4 Å². The Morgan fingerprint density at radius 3 is 1.00 bits per heavy atom. The monoisotopic (exact) mass is 646 g/mol. The quantitative estimate of drug-likeness (QED) is 0.144. The lowest BCUT2D eigenvalue weighted by Crippen LogP contribution is -2.11. The number of para-hydroxylation sites is 2. The van der Waals surface area contributed by atoms with Gasteiger partial charge in [0.1, 0.15) is 0 Å². The van der Waals surface area contributed by atoms with Gasteiger partial charge < -0.3 is 9.80 Å². The molecular weight excluding hydrogens is 605 g/mol. The average molecular weight is 647 g/mol. The van der Waals surface area contributed by atoms with Crippen LogP contribution in [0.4, 0.5) is 34.1 Å². The van der Waals surface area contributed by atoms with Crippen molar-refractivity contribution in [1.29, 1.82) is 0 Å². The van der Waals surface area contributed by atoms with Gasteiger partial charge in [0.2, 0.25) is 0 Å². The Balaban J connectivity index is 1.09. The Bertz CT molecular complexity index is 2080. The summed E-state index contributed by atoms with van der Waals surface area (Å²) in [6.07, 6.45) is 4.36. The van der Waals surface area contributed by atoms with Crippen LogP contribution < -0.4 is 9.80 Å². The maximum atomic E-state index is 2.37. The van der Waals surface area contributed by atoms with Crippen molar-refractivity contribution in [2.75, 3.05) is 9.80 Å². The van der Waals surface area contributed by atoms with Gasteiger partial charge in [-0.3, -0.25) is 0 Å². The number of aryl methyl sites for hydroxylation is 4. The highest BCUT2D eigenvalue weighted by Crippen LogP contribution is 2.38. The SMILES string of the molecule is Cc1cc(C)cc(N(c2ccc(-c3ccc(/C=C/c4ccc(N(c5ccccc5)c5ccccc5)cc4)cc3)cc2)c2cc(C)cc(C)c2)c1. The summed E-state index contributed by atoms with van der Waals surface area (Å²) in [6.45, 7) is 8.67. The number of anilines is 6. The van der Waals surface area contributed by atoms with E-state index in [9.17, 15) is 0 Å². The maximum Gasteiger partial charge on any atom is 0.0466 e. The normalized spacial score (nSPS) is 11.1. The molecule has 7 aromatic carbocycles. The molecule has 0 atom stereocenters. The molecule has 0 bridgehead atoms. The van der Waals surface area contributed by atoms with Gasteiger partial charge in [-0.05, 0) is 145 Å². The van der Waals surface area contributed by atoms with Crippen LogP contribution in [0.2, 0.25) is 0 Å². The van der Waals surface area contributed by atoms with E-state index in [1.165, 1.54) is 50.3 Å². The number of benzene rings is 7. The van der Waals surface area contributed by atoms with Crippen molar-refractivity contribution in [1.82, 2.24) is 0 Å². The molecule has 0 aromatic heterocycles. The fourth-order valence-corrected chi connectivity index (χ4v) is 6.72. The Kier molecular flexibility index (Phi) is 9.44. The zero-order valence-corrected chi connectivity index (χ0v) is 29.2. The van der Waals surface area contributed by atoms with Gasteiger partial charge in [-0.15, -0.1) is 0 Å². The molecule has 2 heteroatoms. The lowest BCUT2D eigenvalue weighted by Gasteiger charge is -2.27. The molecule has 0 amide bonds. The van der Waals surface area contributed by atoms with Crippen molar-refractivity contribution in [2.24, 2.45) is 0 Å². The molecule has 7 rings (SSSR count). The molecule has 0 spiro atoms. The summed E-state index contributed by atoms with van der Waals surface area (Å²) in [4.78, 5) is 4.65. The third kappa shape index (κ3) is 7.46. The van der Waals surface area contributed by atoms with E-state index >= 15 is 0 Å². The molecule has 0 saturated carbocycles. The average Bonchev–Trinajstić information content (AvgIpc) is 3.12. The van der Waals surface area contributed by atoms with Crippen LogP contribution in [0.3, 0.4) is 0 Å². The highest BCUT2D eigenvalue weighted by molar-refractivity contribution is 5.81. The van der Waals surface area contributed by atoms with E-state index < -0.39 is 0 Å². The second kappa shape index (κ2) is 14.6. The number of hydrogen-bond acceptors (Lipinski definition) is 2. The van der Waals surface area contributed by atoms with E-state index in [1.54, 1.807) is 0 Å². The van der Waals surface area contributed by atoms with Gasteiger partial charge in [0, 0.05) is 34.1 Å². The van der Waals surface area contributed by atoms with E-state index in [0.717, 1.165) is 28.3 Å². The second-order valence-electron chi connectivity index (χ2n) is 13.1. The molecule has 0 aliphatic carbocycles. The first-order chi connectivity index (χ1) is 24.4. The fraction of sp³-hybridized carbons (Fsp3) is 0.0833. The van der Waals surface area contributed by atoms with Crippen LogP contribution in [0.15, 0.2) is 170 Å². The van der Waals surface area contributed by atoms with Gasteiger partial charge in [0.25, 0.3) is 0 Å². The number of nitrogens with zero attached hydrogens (tertiary/aromatic N) is 2. The van der Waals surface area contributed by atoms with Crippen LogP contribution >= 0.6 is 0 Å². The number of rotatable bonds is 9. The summed E-state index contributed by atoms with van der Waals surface area (Å²) < 4.78 is 0. The van der Waals surface area contributed by atoms with Crippen LogP contribution in [-0.2, 0) is 0 Å². The van der Waals surface area contributed by atoms with Gasteiger partial charge in [0.15, 0.2) is 0 Å². The van der Waals surface area contributed by atoms with Gasteiger partial charge in [-0.1, -0.05) is 109 Å². The fourth-order valence-electron chi connectivity index (χ4n) is 6.72. The molecule has 50 heavy (non-hydrogen) atoms. The Morgan fingerprint density at radius 2 is 0.600 bits per heavy atom. The number of hydrogen-bond donors (Lipinski definition) is 0. The highest BCUT2D eigenvalue weighted by Gasteiger charge is 2.15. The van der Waals surface area contributed by atoms with E-state index in [4.69, 9.17) is 0 Å². The van der Waals surface area contributed by atoms with Crippen LogP contribution in [0.25, 0.3) is 23.3 Å². The molecule has 0 fully saturated rings. The molecule has 0 saturated heterocycles. The molecule has 0 radical (unpaired) electrons. The molecule has 0 N–H and O–H groups in total. The minimum atomic E-state index is 1.13. The van der Waals surface area contributed by atoms with E-state index in [-0.39, 0.29) is 0 Å². The maximum absolute atomic E-state index is 2.37. The predicted molar refractivity (Wildman–Crippen MR) is 216 cm³/mol. The zero-order chi connectivity index (χ0) is 34.5. The minimum absolute atomic E-state index is 1.13. The van der Waals surface area contributed by atoms with Crippen molar-refractivity contribution in [3.63, 3.8) is 0 Å². The van der Waals surface area contributed by atoms with Gasteiger partial charge >= 0.3 is 0 Å². The molecule has 0 aliphatic heterocycles. The summed E-state index contributed by atoms with van der Waals surface area (Å²) in [5.41, 5.74) is 16.7. The standard InChI is InChI=1S/C48H42N2/c1-35-29-36(2)32-47(31-35)50(48-33-37(3)30-38(4)34-48)46-27-23-42(24-28-46)41-21-17-39(18-22-41)15-16-40-19-25-45(26-20-40)49(43-11-7-5-8-12-43)44-13-9-6-10-14-44/h5-34H,1-4H3/b16-15+. The summed E-state index contributed by atoms with van der Waals surface area (Å²) in [5, 5.41) is 0. The zero-order valence-electron chi connectivity index (χ0n) is 29.2. The predicted octanol–water partition coefficient (Wildman–Crippen LogP) is 13.7. The van der Waals surface area contributed by atoms with Gasteiger partial charge in [0.05, 0.1) is 0 Å². The summed E-state index contributed by atoms with van der Waals surface area (Å²) >= 11 is 0. The third-order valence-electron chi connectivity index (χ3n) is 8.95. The smallest absolute Gasteiger partial charge is 0.0466 e. The highest BCUT2D eigenvalue weighted by atomic mass is 15.1. The Hall–Kier alpha value is -6.12. The second-order valence-corrected chi connectivity index (χ2v) is 13.1. The van der Waals surface area contributed by atoms with E-state index in [2.05, 4.69) is 220 Å². The topological polar surface area (TPSA) is 6.48 Å². The van der Waals surface area contributed by atoms with E-state index in [1.807, 2.05) is 0 Å². The molecule has 244 valence electrons. The lowest BCUT2D eigenvalue weighted by molar-refractivity contribution is 1.23. The van der Waals surface area contributed by atoms with Crippen LogP contribution in [0, 0.1) is 27.7 Å². The van der Waals surface area contributed by atoms with Crippen molar-refractivity contribution in [2.45, 2.75) is 27.7 Å². The first-order valence-electron chi connectivity index (χ1n) is 17.3. The minimum Gasteiger partial charge on any atom is -0.311 e. The third-order valence-corrected chi connectivity index (χ3v) is 8.95. The lowest BCUT2D eigenvalue weighted by atomic mass is 10.0. The molecule has 7 aromatic rings. The van der Waals surface area contributed by atoms with Crippen LogP contribution in [-0.4, -0.2) is 0 Å². The molecule has 0 heterocycles. The summed E-state index contributed by atoms with van der Waals surface area (Å²) in [7, 11) is 0. The van der Waals surface area contributed by atoms with E-state index in [0.29, 0.717) is 0 Å². The van der Waals surface area contributed by atoms with Crippen molar-refractivity contribution in [3.05, 3.63) is 203 Å². The van der Waals surface area contributed by atoms with Crippen molar-refractivity contribution >= 4 is 46.3 Å². The first kappa shape index (κ1) is 32.4. The Labute approximate surface area is 297 Å². The first-order valence-corrected chi connectivity index (χ1v) is 17.3. The molecular formula is C48H42N2. The molecule has 0 unspecified atom stereocenters. The van der Waals surface area contributed by atoms with Crippen LogP contribution in [0.5, 0.6) is 0 Å². The molecule has 0 aliphatic rings. The van der Waals surface area contributed by atoms with Crippen molar-refractivity contribution < 1.29 is 0 Å². The summed E-state index contributed by atoms with van der Waals surface area (Å²) in [5.74, 6) is 0.